The minimum absolute atomic E-state index is 0.0731. The van der Waals surface area contributed by atoms with Crippen molar-refractivity contribution in [2.24, 2.45) is 11.0 Å². The van der Waals surface area contributed by atoms with E-state index in [1.165, 1.54) is 35.6 Å². The van der Waals surface area contributed by atoms with Crippen molar-refractivity contribution >= 4 is 39.2 Å². The van der Waals surface area contributed by atoms with Gasteiger partial charge in [-0.1, -0.05) is 42.5 Å². The van der Waals surface area contributed by atoms with Crippen molar-refractivity contribution in [3.05, 3.63) is 123 Å². The maximum atomic E-state index is 13.9. The lowest BCUT2D eigenvalue weighted by atomic mass is 9.77. The van der Waals surface area contributed by atoms with Crippen LogP contribution in [-0.4, -0.2) is 10.7 Å². The van der Waals surface area contributed by atoms with Crippen molar-refractivity contribution in [3.63, 3.8) is 0 Å². The van der Waals surface area contributed by atoms with Gasteiger partial charge in [0.25, 0.3) is 0 Å². The van der Waals surface area contributed by atoms with Gasteiger partial charge in [-0.3, -0.25) is 0 Å². The molecule has 1 aliphatic heterocycles. The highest BCUT2D eigenvalue weighted by Gasteiger charge is 2.43. The largest absolute Gasteiger partial charge is 0.422 e. The minimum Gasteiger partial charge on any atom is -0.422 e. The summed E-state index contributed by atoms with van der Waals surface area (Å²) in [5.74, 6) is -0.497. The molecule has 8 heteroatoms. The van der Waals surface area contributed by atoms with E-state index in [-0.39, 0.29) is 23.6 Å². The predicted octanol–water partition coefficient (Wildman–Crippen LogP) is 8.00. The number of anilines is 1. The molecule has 1 saturated carbocycles. The smallest absolute Gasteiger partial charge is 0.345 e. The fourth-order valence-electron chi connectivity index (χ4n) is 5.65. The molecule has 0 amide bonds. The molecule has 0 bridgehead atoms. The molecule has 0 radical (unpaired) electrons. The molecule has 40 heavy (non-hydrogen) atoms. The minimum atomic E-state index is -0.448. The van der Waals surface area contributed by atoms with Crippen molar-refractivity contribution < 1.29 is 13.2 Å². The first-order valence-electron chi connectivity index (χ1n) is 13.1. The first kappa shape index (κ1) is 24.6. The van der Waals surface area contributed by atoms with E-state index >= 15 is 0 Å². The molecule has 0 saturated heterocycles. The van der Waals surface area contributed by atoms with Gasteiger partial charge in [-0.05, 0) is 78.4 Å². The van der Waals surface area contributed by atoms with E-state index in [0.29, 0.717) is 22.0 Å². The summed E-state index contributed by atoms with van der Waals surface area (Å²) < 4.78 is 32.9. The van der Waals surface area contributed by atoms with Crippen LogP contribution in [0.3, 0.4) is 0 Å². The van der Waals surface area contributed by atoms with E-state index in [1.54, 1.807) is 36.4 Å². The van der Waals surface area contributed by atoms with Crippen LogP contribution in [0.2, 0.25) is 0 Å². The third-order valence-corrected chi connectivity index (χ3v) is 8.36. The molecule has 0 N–H and O–H groups in total. The first-order chi connectivity index (χ1) is 19.5. The van der Waals surface area contributed by atoms with Crippen LogP contribution in [0.25, 0.3) is 28.3 Å². The summed E-state index contributed by atoms with van der Waals surface area (Å²) in [5.41, 5.74) is 4.91. The number of hydrogen-bond acceptors (Lipinski definition) is 6. The Morgan fingerprint density at radius 3 is 2.52 bits per heavy atom. The average molecular weight is 552 g/mol. The molecule has 2 atom stereocenters. The second kappa shape index (κ2) is 9.95. The van der Waals surface area contributed by atoms with Gasteiger partial charge in [0.05, 0.1) is 23.0 Å². The number of nitrogens with zero attached hydrogens (tertiary/aromatic N) is 3. The third kappa shape index (κ3) is 4.44. The van der Waals surface area contributed by atoms with E-state index in [1.807, 2.05) is 28.6 Å². The van der Waals surface area contributed by atoms with Gasteiger partial charge in [-0.25, -0.2) is 23.6 Å². The number of allylic oxidation sites excluding steroid dienone is 1. The van der Waals surface area contributed by atoms with Crippen LogP contribution < -0.4 is 10.6 Å². The number of aromatic nitrogens is 1. The van der Waals surface area contributed by atoms with Gasteiger partial charge in [0.2, 0.25) is 5.13 Å². The molecule has 7 rings (SSSR count). The standard InChI is InChI=1S/C32H23F2N3O2S/c33-23-12-8-19(9-13-23)16-22-5-3-6-25-29(22)36-37(30(25)20-10-14-24(34)15-11-20)32-35-27(18-40-32)26-17-21-4-1-2-7-28(21)39-31(26)38/h1-2,4,7-18,25,30H,3,5-6H2/b22-16-/t25-,30-/m0/s1. The van der Waals surface area contributed by atoms with E-state index in [2.05, 4.69) is 6.08 Å². The molecule has 198 valence electrons. The summed E-state index contributed by atoms with van der Waals surface area (Å²) in [4.78, 5) is 17.7. The summed E-state index contributed by atoms with van der Waals surface area (Å²) in [5, 5.41) is 10.3. The maximum absolute atomic E-state index is 13.9. The monoisotopic (exact) mass is 551 g/mol. The molecule has 3 heterocycles. The highest BCUT2D eigenvalue weighted by atomic mass is 32.1. The quantitative estimate of drug-likeness (QED) is 0.212. The topological polar surface area (TPSA) is 58.7 Å². The van der Waals surface area contributed by atoms with Crippen LogP contribution in [0.4, 0.5) is 13.9 Å². The summed E-state index contributed by atoms with van der Waals surface area (Å²) in [6.45, 7) is 0. The van der Waals surface area contributed by atoms with Crippen molar-refractivity contribution in [1.29, 1.82) is 0 Å². The number of rotatable bonds is 4. The second-order valence-corrected chi connectivity index (χ2v) is 10.9. The molecule has 3 aromatic carbocycles. The normalized spacial score (nSPS) is 19.7. The Labute approximate surface area is 232 Å². The Balaban J connectivity index is 1.31. The van der Waals surface area contributed by atoms with Crippen molar-refractivity contribution in [3.8, 4) is 11.3 Å². The number of benzene rings is 3. The summed E-state index contributed by atoms with van der Waals surface area (Å²) in [6.07, 6.45) is 4.83. The van der Waals surface area contributed by atoms with Crippen molar-refractivity contribution in [2.45, 2.75) is 25.3 Å². The molecule has 2 aromatic heterocycles. The van der Waals surface area contributed by atoms with Crippen molar-refractivity contribution in [2.75, 3.05) is 5.01 Å². The number of hydrazone groups is 1. The van der Waals surface area contributed by atoms with E-state index in [0.717, 1.165) is 47.1 Å². The molecule has 0 unspecified atom stereocenters. The lowest BCUT2D eigenvalue weighted by Crippen LogP contribution is -2.28. The Morgan fingerprint density at radius 2 is 1.73 bits per heavy atom. The second-order valence-electron chi connectivity index (χ2n) is 10.0. The Morgan fingerprint density at radius 1 is 0.975 bits per heavy atom. The summed E-state index contributed by atoms with van der Waals surface area (Å²) in [7, 11) is 0. The van der Waals surface area contributed by atoms with Gasteiger partial charge in [-0.15, -0.1) is 11.3 Å². The van der Waals surface area contributed by atoms with Crippen LogP contribution in [0, 0.1) is 17.6 Å². The zero-order valence-electron chi connectivity index (χ0n) is 21.3. The van der Waals surface area contributed by atoms with Crippen LogP contribution in [0.15, 0.2) is 104 Å². The zero-order chi connectivity index (χ0) is 27.2. The van der Waals surface area contributed by atoms with Gasteiger partial charge in [0, 0.05) is 16.7 Å². The van der Waals surface area contributed by atoms with Crippen LogP contribution in [0.5, 0.6) is 0 Å². The van der Waals surface area contributed by atoms with Crippen molar-refractivity contribution in [1.82, 2.24) is 4.98 Å². The molecule has 1 fully saturated rings. The highest BCUT2D eigenvalue weighted by molar-refractivity contribution is 7.14. The van der Waals surface area contributed by atoms with Crippen LogP contribution in [-0.2, 0) is 0 Å². The van der Waals surface area contributed by atoms with Gasteiger partial charge < -0.3 is 4.42 Å². The van der Waals surface area contributed by atoms with Gasteiger partial charge >= 0.3 is 5.63 Å². The highest BCUT2D eigenvalue weighted by Crippen LogP contribution is 2.47. The average Bonchev–Trinajstić information content (AvgIpc) is 3.60. The first-order valence-corrected chi connectivity index (χ1v) is 14.0. The summed E-state index contributed by atoms with van der Waals surface area (Å²) >= 11 is 1.40. The predicted molar refractivity (Wildman–Crippen MR) is 154 cm³/mol. The van der Waals surface area contributed by atoms with Gasteiger partial charge in [0.15, 0.2) is 0 Å². The Hall–Kier alpha value is -4.43. The van der Waals surface area contributed by atoms with Gasteiger partial charge in [-0.2, -0.15) is 5.10 Å². The lowest BCUT2D eigenvalue weighted by molar-refractivity contribution is 0.486. The van der Waals surface area contributed by atoms with E-state index < -0.39 is 5.63 Å². The third-order valence-electron chi connectivity index (χ3n) is 7.53. The molecule has 5 aromatic rings. The molecule has 2 aliphatic rings. The molecular weight excluding hydrogens is 528 g/mol. The number of para-hydroxylation sites is 1. The maximum Gasteiger partial charge on any atom is 0.345 e. The van der Waals surface area contributed by atoms with Gasteiger partial charge in [0.1, 0.15) is 17.2 Å². The van der Waals surface area contributed by atoms with E-state index in [9.17, 15) is 13.6 Å². The number of halogens is 2. The van der Waals surface area contributed by atoms with Crippen LogP contribution >= 0.6 is 11.3 Å². The molecule has 1 aliphatic carbocycles. The molecular formula is C32H23F2N3O2S. The fourth-order valence-corrected chi connectivity index (χ4v) is 6.46. The number of hydrogen-bond donors (Lipinski definition) is 0. The van der Waals surface area contributed by atoms with E-state index in [4.69, 9.17) is 14.5 Å². The SMILES string of the molecule is O=c1oc2ccccc2cc1-c1csc(N2N=C3/C(=C\c4ccc(F)cc4)CCC[C@@H]3[C@@H]2c2ccc(F)cc2)n1. The molecule has 0 spiro atoms. The molecule has 5 nitrogen and oxygen atoms in total. The fraction of sp³-hybridized carbons (Fsp3) is 0.156. The Kier molecular flexibility index (Phi) is 6.12. The Bertz CT molecular complexity index is 1840. The summed E-state index contributed by atoms with van der Waals surface area (Å²) in [6, 6.07) is 22.0. The zero-order valence-corrected chi connectivity index (χ0v) is 22.1. The number of thiazole rings is 1. The lowest BCUT2D eigenvalue weighted by Gasteiger charge is -2.29. The van der Waals surface area contributed by atoms with Crippen LogP contribution in [0.1, 0.15) is 36.4 Å². The number of fused-ring (bicyclic) bond motifs is 2.